The molecular weight excluding hydrogens is 549 g/mol. The van der Waals surface area contributed by atoms with Gasteiger partial charge in [0.05, 0.1) is 24.7 Å². The number of nitrogens with zero attached hydrogens (tertiary/aromatic N) is 3. The van der Waals surface area contributed by atoms with Crippen LogP contribution < -0.4 is 10.1 Å². The molecule has 2 N–H and O–H groups in total. The van der Waals surface area contributed by atoms with Gasteiger partial charge >= 0.3 is 6.36 Å². The maximum Gasteiger partial charge on any atom is 0.573 e. The summed E-state index contributed by atoms with van der Waals surface area (Å²) < 4.78 is 50.5. The quantitative estimate of drug-likeness (QED) is 0.368. The Morgan fingerprint density at radius 1 is 1.14 bits per heavy atom. The lowest BCUT2D eigenvalue weighted by Gasteiger charge is -2.41. The molecule has 3 aromatic rings. The number of aliphatic hydroxyl groups is 1. The molecule has 3 atom stereocenters. The number of alkyl halides is 3. The second kappa shape index (κ2) is 12.8. The zero-order valence-electron chi connectivity index (χ0n) is 23.6. The van der Waals surface area contributed by atoms with Gasteiger partial charge in [-0.3, -0.25) is 4.79 Å². The number of aromatic nitrogens is 2. The minimum atomic E-state index is -4.79. The van der Waals surface area contributed by atoms with Crippen molar-refractivity contribution in [3.05, 3.63) is 72.2 Å². The Hall–Kier alpha value is -3.41. The van der Waals surface area contributed by atoms with E-state index in [2.05, 4.69) is 15.0 Å². The highest BCUT2D eigenvalue weighted by atomic mass is 19.4. The maximum atomic E-state index is 14.2. The molecule has 8 nitrogen and oxygen atoms in total. The van der Waals surface area contributed by atoms with E-state index in [0.29, 0.717) is 55.8 Å². The van der Waals surface area contributed by atoms with E-state index < -0.39 is 12.0 Å². The number of ether oxygens (including phenoxy) is 2. The number of benzene rings is 2. The molecule has 1 aliphatic heterocycles. The van der Waals surface area contributed by atoms with E-state index in [1.165, 1.54) is 12.1 Å². The smallest absolute Gasteiger partial charge is 0.406 e. The van der Waals surface area contributed by atoms with E-state index in [1.807, 2.05) is 34.9 Å². The number of amides is 1. The molecule has 5 rings (SSSR count). The minimum absolute atomic E-state index is 0.173. The van der Waals surface area contributed by atoms with Crippen molar-refractivity contribution in [1.29, 1.82) is 0 Å². The van der Waals surface area contributed by atoms with Crippen LogP contribution in [-0.2, 0) is 11.2 Å². The number of imidazole rings is 1. The third kappa shape index (κ3) is 6.63. The normalized spacial score (nSPS) is 23.1. The monoisotopic (exact) mass is 586 g/mol. The highest BCUT2D eigenvalue weighted by molar-refractivity contribution is 5.98. The summed E-state index contributed by atoms with van der Waals surface area (Å²) in [4.78, 5) is 20.6. The molecule has 0 bridgehead atoms. The van der Waals surface area contributed by atoms with Crippen LogP contribution in [0, 0.1) is 0 Å². The largest absolute Gasteiger partial charge is 0.573 e. The SMILES string of the molecule is COC[C@]1(O)CCCC[C@H]1n1cnc(C(=O)N2CCNC[C@H]2CCc2ccccc2OC(F)(F)F)c1-c1ccccc1. The highest BCUT2D eigenvalue weighted by Crippen LogP contribution is 2.41. The van der Waals surface area contributed by atoms with Crippen molar-refractivity contribution in [3.8, 4) is 17.0 Å². The number of carbonyl (C=O) groups is 1. The molecule has 0 spiro atoms. The molecule has 2 aromatic carbocycles. The number of methoxy groups -OCH3 is 1. The maximum absolute atomic E-state index is 14.2. The molecule has 0 unspecified atom stereocenters. The first kappa shape index (κ1) is 30.1. The number of carbonyl (C=O) groups excluding carboxylic acids is 1. The third-order valence-corrected chi connectivity index (χ3v) is 8.29. The Labute approximate surface area is 243 Å². The van der Waals surface area contributed by atoms with Crippen LogP contribution in [-0.4, -0.2) is 76.8 Å². The second-order valence-electron chi connectivity index (χ2n) is 11.1. The first-order valence-electron chi connectivity index (χ1n) is 14.4. The van der Waals surface area contributed by atoms with Crippen molar-refractivity contribution < 1.29 is 32.5 Å². The molecule has 0 radical (unpaired) electrons. The van der Waals surface area contributed by atoms with Crippen molar-refractivity contribution >= 4 is 5.91 Å². The number of para-hydroxylation sites is 1. The predicted molar refractivity (Wildman–Crippen MR) is 151 cm³/mol. The number of piperazine rings is 1. The summed E-state index contributed by atoms with van der Waals surface area (Å²) in [6.07, 6.45) is 0.727. The summed E-state index contributed by atoms with van der Waals surface area (Å²) in [6, 6.07) is 15.1. The third-order valence-electron chi connectivity index (χ3n) is 8.29. The molecule has 1 aliphatic carbocycles. The van der Waals surface area contributed by atoms with Gasteiger partial charge in [0, 0.05) is 38.3 Å². The standard InChI is InChI=1S/C31H37F3N4O4/c1-41-20-30(40)16-8-7-13-26(30)38-21-36-27(28(38)23-10-3-2-4-11-23)29(39)37-18-17-35-19-24(37)15-14-22-9-5-6-12-25(22)42-31(32,33)34/h2-6,9-12,21,24,26,35,40H,7-8,13-20H2,1H3/t24-,26-,30-/m1/s1. The van der Waals surface area contributed by atoms with Gasteiger partial charge in [-0.1, -0.05) is 61.4 Å². The Morgan fingerprint density at radius 2 is 1.90 bits per heavy atom. The van der Waals surface area contributed by atoms with Crippen molar-refractivity contribution in [2.45, 2.75) is 62.6 Å². The molecule has 1 saturated carbocycles. The van der Waals surface area contributed by atoms with Crippen LogP contribution in [0.15, 0.2) is 60.9 Å². The topological polar surface area (TPSA) is 88.8 Å². The van der Waals surface area contributed by atoms with Crippen molar-refractivity contribution in [3.63, 3.8) is 0 Å². The molecule has 42 heavy (non-hydrogen) atoms. The summed E-state index contributed by atoms with van der Waals surface area (Å²) in [7, 11) is 1.57. The first-order valence-corrected chi connectivity index (χ1v) is 14.4. The fourth-order valence-electron chi connectivity index (χ4n) is 6.34. The Kier molecular flexibility index (Phi) is 9.19. The Morgan fingerprint density at radius 3 is 2.67 bits per heavy atom. The molecule has 2 heterocycles. The second-order valence-corrected chi connectivity index (χ2v) is 11.1. The lowest BCUT2D eigenvalue weighted by Crippen LogP contribution is -2.54. The summed E-state index contributed by atoms with van der Waals surface area (Å²) in [6.45, 7) is 1.70. The summed E-state index contributed by atoms with van der Waals surface area (Å²) in [5.74, 6) is -0.474. The average molecular weight is 587 g/mol. The van der Waals surface area contributed by atoms with Gasteiger partial charge in [0.2, 0.25) is 0 Å². The van der Waals surface area contributed by atoms with Crippen molar-refractivity contribution in [2.24, 2.45) is 0 Å². The van der Waals surface area contributed by atoms with Gasteiger partial charge in [-0.15, -0.1) is 13.2 Å². The fourth-order valence-corrected chi connectivity index (χ4v) is 6.34. The molecule has 1 amide bonds. The number of hydrogen-bond donors (Lipinski definition) is 2. The molecule has 2 fully saturated rings. The summed E-state index contributed by atoms with van der Waals surface area (Å²) >= 11 is 0. The van der Waals surface area contributed by atoms with Crippen LogP contribution in [0.3, 0.4) is 0 Å². The number of halogens is 3. The van der Waals surface area contributed by atoms with Gasteiger partial charge in [0.15, 0.2) is 5.69 Å². The molecule has 11 heteroatoms. The number of aryl methyl sites for hydroxylation is 1. The van der Waals surface area contributed by atoms with Crippen LogP contribution in [0.4, 0.5) is 13.2 Å². The highest BCUT2D eigenvalue weighted by Gasteiger charge is 2.42. The van der Waals surface area contributed by atoms with Gasteiger partial charge in [-0.05, 0) is 37.3 Å². The van der Waals surface area contributed by atoms with Gasteiger partial charge in [0.25, 0.3) is 5.91 Å². The van der Waals surface area contributed by atoms with Gasteiger partial charge in [0.1, 0.15) is 11.4 Å². The number of rotatable bonds is 9. The van der Waals surface area contributed by atoms with Crippen LogP contribution >= 0.6 is 0 Å². The lowest BCUT2D eigenvalue weighted by atomic mass is 9.80. The van der Waals surface area contributed by atoms with Gasteiger partial charge in [-0.2, -0.15) is 0 Å². The number of nitrogens with one attached hydrogen (secondary N) is 1. The predicted octanol–water partition coefficient (Wildman–Crippen LogP) is 4.99. The van der Waals surface area contributed by atoms with Crippen LogP contribution in [0.2, 0.25) is 0 Å². The van der Waals surface area contributed by atoms with Gasteiger partial charge < -0.3 is 29.4 Å². The Bertz CT molecular complexity index is 1350. The fraction of sp³-hybridized carbons (Fsp3) is 0.484. The molecular formula is C31H37F3N4O4. The minimum Gasteiger partial charge on any atom is -0.406 e. The zero-order valence-corrected chi connectivity index (χ0v) is 23.6. The molecule has 1 aromatic heterocycles. The van der Waals surface area contributed by atoms with E-state index in [1.54, 1.807) is 30.5 Å². The van der Waals surface area contributed by atoms with Crippen molar-refractivity contribution in [2.75, 3.05) is 33.4 Å². The number of hydrogen-bond acceptors (Lipinski definition) is 6. The molecule has 1 saturated heterocycles. The Balaban J connectivity index is 1.44. The van der Waals surface area contributed by atoms with Crippen LogP contribution in [0.1, 0.15) is 54.2 Å². The zero-order chi connectivity index (χ0) is 29.7. The van der Waals surface area contributed by atoms with E-state index in [-0.39, 0.29) is 30.3 Å². The average Bonchev–Trinajstić information content (AvgIpc) is 3.41. The van der Waals surface area contributed by atoms with Gasteiger partial charge in [-0.25, -0.2) is 4.98 Å². The first-order chi connectivity index (χ1) is 20.2. The van der Waals surface area contributed by atoms with E-state index in [0.717, 1.165) is 24.8 Å². The lowest BCUT2D eigenvalue weighted by molar-refractivity contribution is -0.274. The van der Waals surface area contributed by atoms with Crippen molar-refractivity contribution in [1.82, 2.24) is 19.8 Å². The summed E-state index contributed by atoms with van der Waals surface area (Å²) in [5.41, 5.74) is 1.08. The van der Waals surface area contributed by atoms with E-state index >= 15 is 0 Å². The van der Waals surface area contributed by atoms with Crippen LogP contribution in [0.25, 0.3) is 11.3 Å². The molecule has 226 valence electrons. The van der Waals surface area contributed by atoms with E-state index in [4.69, 9.17) is 4.74 Å². The molecule has 2 aliphatic rings. The van der Waals surface area contributed by atoms with Crippen LogP contribution in [0.5, 0.6) is 5.75 Å². The van der Waals surface area contributed by atoms with E-state index in [9.17, 15) is 23.1 Å². The summed E-state index contributed by atoms with van der Waals surface area (Å²) in [5, 5.41) is 14.9.